The van der Waals surface area contributed by atoms with Crippen LogP contribution in [0.1, 0.15) is 27.2 Å². The zero-order valence-electron chi connectivity index (χ0n) is 14.3. The van der Waals surface area contributed by atoms with Gasteiger partial charge in [0.1, 0.15) is 5.66 Å². The molecule has 5 saturated carbocycles. The number of hydrogen-bond donors (Lipinski definition) is 1. The summed E-state index contributed by atoms with van der Waals surface area (Å²) in [6.07, 6.45) is 1.03. The van der Waals surface area contributed by atoms with E-state index < -0.39 is 23.1 Å². The number of fused-ring (bicyclic) bond motifs is 1. The number of imide groups is 1. The molecule has 3 amide bonds. The third-order valence-corrected chi connectivity index (χ3v) is 8.42. The molecule has 10 atom stereocenters. The molecule has 25 heavy (non-hydrogen) atoms. The highest BCUT2D eigenvalue weighted by atomic mass is 16.6. The summed E-state index contributed by atoms with van der Waals surface area (Å²) >= 11 is 0. The number of ether oxygens (including phenoxy) is 1. The van der Waals surface area contributed by atoms with E-state index in [1.165, 1.54) is 25.7 Å². The second-order valence-corrected chi connectivity index (χ2v) is 8.87. The molecule has 7 rings (SSSR count). The van der Waals surface area contributed by atoms with Gasteiger partial charge in [-0.3, -0.25) is 24.1 Å². The lowest BCUT2D eigenvalue weighted by molar-refractivity contribution is -0.255. The molecule has 7 heteroatoms. The van der Waals surface area contributed by atoms with Crippen LogP contribution in [0.15, 0.2) is 0 Å². The summed E-state index contributed by atoms with van der Waals surface area (Å²) in [5.74, 6) is 0.142. The summed E-state index contributed by atoms with van der Waals surface area (Å²) in [5, 5.41) is 3.06. The van der Waals surface area contributed by atoms with E-state index >= 15 is 0 Å². The second kappa shape index (κ2) is 3.62. The van der Waals surface area contributed by atoms with Gasteiger partial charge in [-0.1, -0.05) is 0 Å². The minimum Gasteiger partial charge on any atom is -0.448 e. The fourth-order valence-electron chi connectivity index (χ4n) is 8.85. The van der Waals surface area contributed by atoms with Crippen molar-refractivity contribution in [3.05, 3.63) is 0 Å². The maximum Gasteiger partial charge on any atom is 0.303 e. The summed E-state index contributed by atoms with van der Waals surface area (Å²) in [4.78, 5) is 51.2. The van der Waals surface area contributed by atoms with E-state index in [1.54, 1.807) is 0 Å². The van der Waals surface area contributed by atoms with Gasteiger partial charge in [0, 0.05) is 44.4 Å². The SMILES string of the molecule is CC(=O)N[C@@]12[C@@H]3[C@H]4C[C@H]5[C@@H]6[C@@H]4[C@@H]1[C@H]6[C@@](OC(C)=O)(C(=O)N2C(C)=O)[C@@H]53. The van der Waals surface area contributed by atoms with Crippen LogP contribution in [-0.2, 0) is 23.9 Å². The Kier molecular flexibility index (Phi) is 2.06. The fourth-order valence-corrected chi connectivity index (χ4v) is 8.85. The molecule has 2 aliphatic heterocycles. The standard InChI is InChI=1S/C18H20N2O5/c1-5(21)19-18-13-9-4-8-10-11(9)15(18)14(10)17(12(8)13,25-7(3)23)16(24)20(18)6(2)22/h8-15H,4H2,1-3H3,(H,19,21)/t8-,9-,10+,11+,12-,13+,14-,15+,17+,18+/m0/s1. The summed E-state index contributed by atoms with van der Waals surface area (Å²) in [6.45, 7) is 4.15. The monoisotopic (exact) mass is 344 g/mol. The smallest absolute Gasteiger partial charge is 0.303 e. The quantitative estimate of drug-likeness (QED) is 0.706. The molecule has 7 fully saturated rings. The van der Waals surface area contributed by atoms with E-state index in [2.05, 4.69) is 5.32 Å². The van der Waals surface area contributed by atoms with Gasteiger partial charge in [0.2, 0.25) is 11.8 Å². The first kappa shape index (κ1) is 14.3. The molecule has 0 radical (unpaired) electrons. The van der Waals surface area contributed by atoms with Gasteiger partial charge < -0.3 is 10.1 Å². The number of esters is 1. The van der Waals surface area contributed by atoms with E-state index in [1.807, 2.05) is 0 Å². The van der Waals surface area contributed by atoms with Gasteiger partial charge in [0.15, 0.2) is 5.60 Å². The summed E-state index contributed by atoms with van der Waals surface area (Å²) < 4.78 is 5.80. The first-order valence-electron chi connectivity index (χ1n) is 9.12. The number of carbonyl (C=O) groups excluding carboxylic acids is 4. The van der Waals surface area contributed by atoms with Crippen LogP contribution in [-0.4, -0.2) is 39.9 Å². The molecule has 0 spiro atoms. The second-order valence-electron chi connectivity index (χ2n) is 8.87. The van der Waals surface area contributed by atoms with E-state index in [0.717, 1.165) is 6.42 Å². The van der Waals surface area contributed by atoms with Gasteiger partial charge in [-0.05, 0) is 30.1 Å². The summed E-state index contributed by atoms with van der Waals surface area (Å²) in [5.41, 5.74) is -2.08. The number of amides is 3. The topological polar surface area (TPSA) is 92.8 Å². The Hall–Kier alpha value is -1.92. The van der Waals surface area contributed by atoms with Gasteiger partial charge in [-0.25, -0.2) is 0 Å². The maximum absolute atomic E-state index is 13.5. The molecular formula is C18H20N2O5. The Labute approximate surface area is 144 Å². The lowest BCUT2D eigenvalue weighted by atomic mass is 9.49. The van der Waals surface area contributed by atoms with Crippen LogP contribution < -0.4 is 5.32 Å². The van der Waals surface area contributed by atoms with Crippen molar-refractivity contribution in [2.24, 2.45) is 47.3 Å². The van der Waals surface area contributed by atoms with Crippen molar-refractivity contribution in [3.8, 4) is 0 Å². The van der Waals surface area contributed by atoms with Gasteiger partial charge in [0.05, 0.1) is 0 Å². The van der Waals surface area contributed by atoms with Gasteiger partial charge in [-0.15, -0.1) is 0 Å². The fraction of sp³-hybridized carbons (Fsp3) is 0.778. The molecule has 1 N–H and O–H groups in total. The Balaban J connectivity index is 1.63. The molecular weight excluding hydrogens is 324 g/mol. The minimum atomic E-state index is -1.18. The summed E-state index contributed by atoms with van der Waals surface area (Å²) in [7, 11) is 0. The average molecular weight is 344 g/mol. The highest BCUT2D eigenvalue weighted by molar-refractivity contribution is 6.04. The highest BCUT2D eigenvalue weighted by Gasteiger charge is 2.98. The molecule has 0 unspecified atom stereocenters. The Morgan fingerprint density at radius 3 is 2.28 bits per heavy atom. The van der Waals surface area contributed by atoms with E-state index in [4.69, 9.17) is 4.74 Å². The largest absolute Gasteiger partial charge is 0.448 e. The molecule has 0 aromatic carbocycles. The van der Waals surface area contributed by atoms with Gasteiger partial charge in [0.25, 0.3) is 5.91 Å². The molecule has 132 valence electrons. The molecule has 0 aromatic rings. The van der Waals surface area contributed by atoms with Crippen LogP contribution in [0.4, 0.5) is 0 Å². The molecule has 2 heterocycles. The zero-order valence-corrected chi connectivity index (χ0v) is 14.3. The Bertz CT molecular complexity index is 809. The van der Waals surface area contributed by atoms with Crippen molar-refractivity contribution in [1.29, 1.82) is 0 Å². The number of nitrogens with zero attached hydrogens (tertiary/aromatic N) is 1. The molecule has 5 aliphatic carbocycles. The van der Waals surface area contributed by atoms with Crippen LogP contribution in [0.3, 0.4) is 0 Å². The Morgan fingerprint density at radius 2 is 1.68 bits per heavy atom. The average Bonchev–Trinajstić information content (AvgIpc) is 2.97. The third kappa shape index (κ3) is 1.05. The van der Waals surface area contributed by atoms with Crippen LogP contribution in [0.5, 0.6) is 0 Å². The van der Waals surface area contributed by atoms with Crippen LogP contribution >= 0.6 is 0 Å². The predicted octanol–water partition coefficient (Wildman–Crippen LogP) is -0.103. The number of hydrogen-bond acceptors (Lipinski definition) is 5. The number of carbonyl (C=O) groups is 4. The van der Waals surface area contributed by atoms with Crippen molar-refractivity contribution in [1.82, 2.24) is 10.2 Å². The lowest BCUT2D eigenvalue weighted by Crippen LogP contribution is -2.86. The molecule has 2 saturated heterocycles. The lowest BCUT2D eigenvalue weighted by Gasteiger charge is -2.67. The van der Waals surface area contributed by atoms with Crippen molar-refractivity contribution in [2.45, 2.75) is 38.5 Å². The number of rotatable bonds is 2. The van der Waals surface area contributed by atoms with Crippen molar-refractivity contribution in [3.63, 3.8) is 0 Å². The van der Waals surface area contributed by atoms with E-state index in [9.17, 15) is 19.2 Å². The third-order valence-electron chi connectivity index (χ3n) is 8.42. The predicted molar refractivity (Wildman–Crippen MR) is 81.1 cm³/mol. The number of piperidine rings is 2. The van der Waals surface area contributed by atoms with Crippen molar-refractivity contribution < 1.29 is 23.9 Å². The molecule has 0 aromatic heterocycles. The first-order chi connectivity index (χ1) is 11.8. The molecule has 7 nitrogen and oxygen atoms in total. The van der Waals surface area contributed by atoms with Crippen LogP contribution in [0.25, 0.3) is 0 Å². The Morgan fingerprint density at radius 1 is 1.04 bits per heavy atom. The van der Waals surface area contributed by atoms with E-state index in [0.29, 0.717) is 23.7 Å². The van der Waals surface area contributed by atoms with Crippen LogP contribution in [0, 0.1) is 47.3 Å². The first-order valence-corrected chi connectivity index (χ1v) is 9.12. The summed E-state index contributed by atoms with van der Waals surface area (Å²) in [6, 6.07) is 0. The van der Waals surface area contributed by atoms with Crippen LogP contribution in [0.2, 0.25) is 0 Å². The zero-order chi connectivity index (χ0) is 17.6. The normalized spacial score (nSPS) is 57.2. The number of nitrogens with one attached hydrogen (secondary N) is 1. The highest BCUT2D eigenvalue weighted by Crippen LogP contribution is 2.90. The minimum absolute atomic E-state index is 0.0207. The van der Waals surface area contributed by atoms with E-state index in [-0.39, 0.29) is 35.5 Å². The molecule has 7 aliphatic rings. The van der Waals surface area contributed by atoms with Crippen molar-refractivity contribution >= 4 is 23.7 Å². The maximum atomic E-state index is 13.5. The van der Waals surface area contributed by atoms with Gasteiger partial charge >= 0.3 is 5.97 Å². The van der Waals surface area contributed by atoms with Crippen molar-refractivity contribution in [2.75, 3.05) is 0 Å². The van der Waals surface area contributed by atoms with Gasteiger partial charge in [-0.2, -0.15) is 0 Å². The molecule has 4 bridgehead atoms.